The summed E-state index contributed by atoms with van der Waals surface area (Å²) in [4.78, 5) is 23.0. The molecule has 0 atom stereocenters. The normalized spacial score (nSPS) is 12.4. The number of carbonyl (C=O) groups is 2. The molecular formula is C24H20O10S2. The number of fused-ring (bicyclic) bond motifs is 3. The lowest BCUT2D eigenvalue weighted by atomic mass is 9.91. The molecule has 0 amide bonds. The number of aliphatic hydroxyl groups excluding tert-OH is 2. The zero-order valence-electron chi connectivity index (χ0n) is 18.5. The van der Waals surface area contributed by atoms with Crippen LogP contribution in [0.4, 0.5) is 0 Å². The van der Waals surface area contributed by atoms with Crippen LogP contribution in [0.2, 0.25) is 0 Å². The Morgan fingerprint density at radius 3 is 1.81 bits per heavy atom. The number of Topliss-reactive ketones (excluding diaryl/α,β-unsaturated/α-hetero) is 1. The monoisotopic (exact) mass is 532 g/mol. The summed E-state index contributed by atoms with van der Waals surface area (Å²) in [7, 11) is -8.77. The van der Waals surface area contributed by atoms with E-state index in [2.05, 4.69) is 0 Å². The first-order chi connectivity index (χ1) is 17.0. The van der Waals surface area contributed by atoms with Gasteiger partial charge >= 0.3 is 0 Å². The van der Waals surface area contributed by atoms with Crippen LogP contribution < -0.4 is 0 Å². The van der Waals surface area contributed by atoms with Crippen molar-refractivity contribution in [2.75, 3.05) is 24.7 Å². The molecule has 12 heteroatoms. The highest BCUT2D eigenvalue weighted by atomic mass is 32.2. The first-order valence-electron chi connectivity index (χ1n) is 10.5. The Morgan fingerprint density at radius 2 is 1.28 bits per heavy atom. The van der Waals surface area contributed by atoms with Crippen molar-refractivity contribution in [1.82, 2.24) is 0 Å². The van der Waals surface area contributed by atoms with E-state index in [9.17, 15) is 46.9 Å². The summed E-state index contributed by atoms with van der Waals surface area (Å²) in [6, 6.07) is 9.30. The van der Waals surface area contributed by atoms with Crippen molar-refractivity contribution in [2.45, 2.75) is 9.79 Å². The summed E-state index contributed by atoms with van der Waals surface area (Å²) >= 11 is 0. The van der Waals surface area contributed by atoms with E-state index >= 15 is 0 Å². The van der Waals surface area contributed by atoms with E-state index < -0.39 is 71.3 Å². The summed E-state index contributed by atoms with van der Waals surface area (Å²) in [6.45, 7) is -1.62. The Balaban J connectivity index is 2.32. The molecular weight excluding hydrogens is 512 g/mol. The first-order valence-corrected chi connectivity index (χ1v) is 13.8. The van der Waals surface area contributed by atoms with Crippen molar-refractivity contribution in [3.05, 3.63) is 48.0 Å². The van der Waals surface area contributed by atoms with Crippen molar-refractivity contribution in [3.63, 3.8) is 0 Å². The van der Waals surface area contributed by atoms with Gasteiger partial charge in [-0.15, -0.1) is 0 Å². The lowest BCUT2D eigenvalue weighted by molar-refractivity contribution is -0.104. The summed E-state index contributed by atoms with van der Waals surface area (Å²) < 4.78 is 51.6. The molecule has 0 unspecified atom stereocenters. The maximum atomic E-state index is 12.9. The Kier molecular flexibility index (Phi) is 6.47. The van der Waals surface area contributed by atoms with E-state index in [1.165, 1.54) is 18.2 Å². The van der Waals surface area contributed by atoms with Crippen LogP contribution >= 0.6 is 0 Å². The quantitative estimate of drug-likeness (QED) is 0.0852. The van der Waals surface area contributed by atoms with Crippen molar-refractivity contribution in [1.29, 1.82) is 0 Å². The number of phenols is 2. The molecule has 0 spiro atoms. The van der Waals surface area contributed by atoms with E-state index in [0.717, 1.165) is 12.1 Å². The molecule has 0 radical (unpaired) electrons. The fraction of sp³-hybridized carbons (Fsp3) is 0.167. The Hall–Kier alpha value is -3.58. The van der Waals surface area contributed by atoms with Gasteiger partial charge in [0.05, 0.1) is 34.5 Å². The summed E-state index contributed by atoms with van der Waals surface area (Å²) in [5.41, 5.74) is -0.428. The average molecular weight is 533 g/mol. The van der Waals surface area contributed by atoms with Gasteiger partial charge in [0.1, 0.15) is 11.5 Å². The Labute approximate surface area is 204 Å². The van der Waals surface area contributed by atoms with Crippen LogP contribution in [0.25, 0.3) is 32.3 Å². The zero-order valence-corrected chi connectivity index (χ0v) is 20.1. The molecule has 188 valence electrons. The maximum Gasteiger partial charge on any atom is 0.226 e. The van der Waals surface area contributed by atoms with Crippen LogP contribution in [0.5, 0.6) is 11.5 Å². The second-order valence-electron chi connectivity index (χ2n) is 8.00. The van der Waals surface area contributed by atoms with Crippen LogP contribution in [-0.2, 0) is 24.5 Å². The highest BCUT2D eigenvalue weighted by Gasteiger charge is 2.30. The molecule has 0 heterocycles. The summed E-state index contributed by atoms with van der Waals surface area (Å²) in [5, 5.41) is 40.4. The third-order valence-electron chi connectivity index (χ3n) is 5.88. The number of hydrogen-bond donors (Lipinski definition) is 4. The number of ketones is 1. The minimum Gasteiger partial charge on any atom is -0.507 e. The van der Waals surface area contributed by atoms with Gasteiger partial charge in [-0.05, 0) is 29.0 Å². The number of phenolic OH excluding ortho intramolecular Hbond substituents is 2. The van der Waals surface area contributed by atoms with E-state index in [1.54, 1.807) is 12.1 Å². The molecule has 4 N–H and O–H groups in total. The maximum absolute atomic E-state index is 12.9. The fourth-order valence-electron chi connectivity index (χ4n) is 4.28. The standard InChI is InChI=1S/C24H20O10S2/c25-5-7-35(31,32)19-10-13-9-17-22(24(30)15-4-2-1-3-14(15)23(17)29)21(18(28)12-27)16(13)11-20(19)36(33,34)8-6-26/h1-4,9-12,25-26,29-30H,5-8H2. The molecule has 36 heavy (non-hydrogen) atoms. The van der Waals surface area contributed by atoms with Gasteiger partial charge in [-0.3, -0.25) is 9.59 Å². The first kappa shape index (κ1) is 25.5. The minimum atomic E-state index is -4.41. The molecule has 0 saturated heterocycles. The molecule has 4 aromatic rings. The van der Waals surface area contributed by atoms with Crippen LogP contribution in [0, 0.1) is 0 Å². The van der Waals surface area contributed by atoms with Gasteiger partial charge in [-0.25, -0.2) is 16.8 Å². The van der Waals surface area contributed by atoms with Crippen LogP contribution in [0.3, 0.4) is 0 Å². The molecule has 0 aliphatic carbocycles. The van der Waals surface area contributed by atoms with E-state index in [-0.39, 0.29) is 44.4 Å². The van der Waals surface area contributed by atoms with Crippen LogP contribution in [-0.4, -0.2) is 74.1 Å². The Bertz CT molecular complexity index is 1790. The van der Waals surface area contributed by atoms with Crippen molar-refractivity contribution < 1.29 is 46.9 Å². The number of carbonyl (C=O) groups excluding carboxylic acids is 2. The number of benzene rings is 4. The number of hydrogen-bond acceptors (Lipinski definition) is 10. The number of rotatable bonds is 8. The van der Waals surface area contributed by atoms with E-state index in [1.807, 2.05) is 0 Å². The SMILES string of the molecule is O=CC(=O)c1c2cc(S(=O)(=O)CCO)c(S(=O)(=O)CCO)cc2cc2c(O)c3ccccc3c(O)c12. The third-order valence-corrected chi connectivity index (χ3v) is 9.46. The smallest absolute Gasteiger partial charge is 0.226 e. The van der Waals surface area contributed by atoms with Gasteiger partial charge in [0, 0.05) is 27.1 Å². The number of aldehydes is 1. The lowest BCUT2D eigenvalue weighted by Gasteiger charge is -2.17. The predicted molar refractivity (Wildman–Crippen MR) is 131 cm³/mol. The average Bonchev–Trinajstić information content (AvgIpc) is 2.84. The van der Waals surface area contributed by atoms with Crippen molar-refractivity contribution in [2.24, 2.45) is 0 Å². The molecule has 0 fully saturated rings. The zero-order chi connectivity index (χ0) is 26.4. The molecule has 10 nitrogen and oxygen atoms in total. The minimum absolute atomic E-state index is 0.0165. The number of sulfone groups is 2. The van der Waals surface area contributed by atoms with Crippen molar-refractivity contribution in [3.8, 4) is 11.5 Å². The highest BCUT2D eigenvalue weighted by molar-refractivity contribution is 7.94. The van der Waals surface area contributed by atoms with Crippen molar-refractivity contribution >= 4 is 64.1 Å². The largest absolute Gasteiger partial charge is 0.507 e. The molecule has 0 aliphatic heterocycles. The fourth-order valence-corrected chi connectivity index (χ4v) is 7.30. The van der Waals surface area contributed by atoms with Gasteiger partial charge in [0.2, 0.25) is 5.78 Å². The molecule has 4 aromatic carbocycles. The number of aliphatic hydroxyl groups is 2. The number of aromatic hydroxyl groups is 2. The van der Waals surface area contributed by atoms with Crippen LogP contribution in [0.1, 0.15) is 10.4 Å². The summed E-state index contributed by atoms with van der Waals surface area (Å²) in [5.74, 6) is -3.57. The second kappa shape index (κ2) is 9.13. The molecule has 0 aromatic heterocycles. The van der Waals surface area contributed by atoms with Gasteiger partial charge in [-0.2, -0.15) is 0 Å². The Morgan fingerprint density at radius 1 is 0.750 bits per heavy atom. The molecule has 0 bridgehead atoms. The van der Waals surface area contributed by atoms with Gasteiger partial charge in [-0.1, -0.05) is 24.3 Å². The predicted octanol–water partition coefficient (Wildman–Crippen LogP) is 1.47. The topological polar surface area (TPSA) is 183 Å². The molecule has 4 rings (SSSR count). The van der Waals surface area contributed by atoms with Gasteiger partial charge in [0.15, 0.2) is 26.0 Å². The third kappa shape index (κ3) is 3.97. The van der Waals surface area contributed by atoms with Gasteiger partial charge < -0.3 is 20.4 Å². The van der Waals surface area contributed by atoms with Gasteiger partial charge in [0.25, 0.3) is 0 Å². The van der Waals surface area contributed by atoms with E-state index in [0.29, 0.717) is 0 Å². The second-order valence-corrected chi connectivity index (χ2v) is 12.2. The van der Waals surface area contributed by atoms with E-state index in [4.69, 9.17) is 0 Å². The highest BCUT2D eigenvalue weighted by Crippen LogP contribution is 2.46. The lowest BCUT2D eigenvalue weighted by Crippen LogP contribution is -2.18. The van der Waals surface area contributed by atoms with Crippen LogP contribution in [0.15, 0.2) is 52.3 Å². The summed E-state index contributed by atoms with van der Waals surface area (Å²) in [6.07, 6.45) is -0.0434. The molecule has 0 saturated carbocycles. The molecule has 0 aliphatic rings.